The zero-order chi connectivity index (χ0) is 13.3. The van der Waals surface area contributed by atoms with Gasteiger partial charge in [0.1, 0.15) is 5.54 Å². The topological polar surface area (TPSA) is 60.1 Å². The van der Waals surface area contributed by atoms with Gasteiger partial charge in [-0.2, -0.15) is 20.0 Å². The Balaban J connectivity index is 2.14. The molecule has 0 aliphatic heterocycles. The molecule has 5 nitrogen and oxygen atoms in total. The van der Waals surface area contributed by atoms with Crippen molar-refractivity contribution in [3.63, 3.8) is 0 Å². The Bertz CT molecular complexity index is 651. The minimum Gasteiger partial charge on any atom is -0.211 e. The highest BCUT2D eigenvalue weighted by atomic mass is 16.1. The van der Waals surface area contributed by atoms with E-state index in [1.54, 1.807) is 17.1 Å². The lowest BCUT2D eigenvalue weighted by atomic mass is 9.72. The van der Waals surface area contributed by atoms with Gasteiger partial charge in [-0.05, 0) is 32.3 Å². The van der Waals surface area contributed by atoms with Gasteiger partial charge in [0, 0.05) is 5.56 Å². The molecule has 0 unspecified atom stereocenters. The summed E-state index contributed by atoms with van der Waals surface area (Å²) in [5.41, 5.74) is 2.31. The highest BCUT2D eigenvalue weighted by Gasteiger charge is 2.40. The Morgan fingerprint density at radius 3 is 2.74 bits per heavy atom. The summed E-state index contributed by atoms with van der Waals surface area (Å²) in [5.74, 6) is 0. The molecule has 3 rings (SSSR count). The van der Waals surface area contributed by atoms with Gasteiger partial charge in [-0.3, -0.25) is 0 Å². The van der Waals surface area contributed by atoms with Crippen LogP contribution in [0.3, 0.4) is 0 Å². The van der Waals surface area contributed by atoms with Gasteiger partial charge in [-0.25, -0.2) is 4.79 Å². The van der Waals surface area contributed by atoms with E-state index in [0.29, 0.717) is 0 Å². The number of isocyanates is 1. The number of hydrogen-bond donors (Lipinski definition) is 0. The monoisotopic (exact) mass is 254 g/mol. The summed E-state index contributed by atoms with van der Waals surface area (Å²) in [6.45, 7) is 1.90. The van der Waals surface area contributed by atoms with Crippen molar-refractivity contribution in [2.24, 2.45) is 4.99 Å². The quantitative estimate of drug-likeness (QED) is 0.623. The van der Waals surface area contributed by atoms with Crippen molar-refractivity contribution in [3.8, 4) is 5.69 Å². The molecule has 1 saturated carbocycles. The molecule has 0 N–H and O–H groups in total. The van der Waals surface area contributed by atoms with Gasteiger partial charge in [0.2, 0.25) is 6.08 Å². The molecule has 5 heteroatoms. The molecular formula is C14H14N4O. The van der Waals surface area contributed by atoms with Crippen LogP contribution in [0.1, 0.15) is 30.5 Å². The van der Waals surface area contributed by atoms with E-state index in [4.69, 9.17) is 0 Å². The van der Waals surface area contributed by atoms with Crippen LogP contribution in [-0.4, -0.2) is 21.1 Å². The van der Waals surface area contributed by atoms with E-state index in [1.807, 2.05) is 31.2 Å². The third-order valence-electron chi connectivity index (χ3n) is 3.67. The second kappa shape index (κ2) is 4.44. The van der Waals surface area contributed by atoms with Crippen LogP contribution in [0.2, 0.25) is 0 Å². The van der Waals surface area contributed by atoms with Crippen LogP contribution in [0.4, 0.5) is 0 Å². The van der Waals surface area contributed by atoms with Crippen molar-refractivity contribution in [1.82, 2.24) is 15.0 Å². The van der Waals surface area contributed by atoms with Crippen LogP contribution >= 0.6 is 0 Å². The maximum absolute atomic E-state index is 10.7. The number of nitrogens with zero attached hydrogens (tertiary/aromatic N) is 4. The third kappa shape index (κ3) is 1.88. The molecule has 0 spiro atoms. The molecule has 0 atom stereocenters. The van der Waals surface area contributed by atoms with Crippen LogP contribution in [-0.2, 0) is 10.3 Å². The van der Waals surface area contributed by atoms with Crippen LogP contribution in [0.25, 0.3) is 5.69 Å². The zero-order valence-electron chi connectivity index (χ0n) is 10.7. The summed E-state index contributed by atoms with van der Waals surface area (Å²) >= 11 is 0. The van der Waals surface area contributed by atoms with Crippen LogP contribution < -0.4 is 0 Å². The largest absolute Gasteiger partial charge is 0.235 e. The van der Waals surface area contributed by atoms with E-state index in [0.717, 1.165) is 36.2 Å². The minimum atomic E-state index is -0.431. The number of hydrogen-bond acceptors (Lipinski definition) is 4. The van der Waals surface area contributed by atoms with Gasteiger partial charge in [0.15, 0.2) is 0 Å². The molecule has 1 heterocycles. The van der Waals surface area contributed by atoms with Crippen molar-refractivity contribution < 1.29 is 4.79 Å². The standard InChI is InChI=1S/C14H14N4O/c1-11-9-16-18(17-11)13-6-3-2-5-12(13)14(15-10-19)7-4-8-14/h2-3,5-6,9H,4,7-8H2,1H3. The fraction of sp³-hybridized carbons (Fsp3) is 0.357. The second-order valence-electron chi connectivity index (χ2n) is 4.88. The van der Waals surface area contributed by atoms with Crippen molar-refractivity contribution >= 4 is 6.08 Å². The normalized spacial score (nSPS) is 16.5. The molecule has 0 saturated heterocycles. The summed E-state index contributed by atoms with van der Waals surface area (Å²) in [7, 11) is 0. The first-order chi connectivity index (χ1) is 9.25. The van der Waals surface area contributed by atoms with Gasteiger partial charge >= 0.3 is 0 Å². The molecule has 1 fully saturated rings. The minimum absolute atomic E-state index is 0.431. The van der Waals surface area contributed by atoms with Gasteiger partial charge < -0.3 is 0 Å². The maximum atomic E-state index is 10.7. The third-order valence-corrected chi connectivity index (χ3v) is 3.67. The Kier molecular flexibility index (Phi) is 2.76. The molecular weight excluding hydrogens is 240 g/mol. The van der Waals surface area contributed by atoms with E-state index in [1.165, 1.54) is 0 Å². The average Bonchev–Trinajstić information content (AvgIpc) is 2.81. The SMILES string of the molecule is Cc1cnn(-c2ccccc2C2(N=C=O)CCC2)n1. The lowest BCUT2D eigenvalue weighted by Gasteiger charge is -2.38. The fourth-order valence-corrected chi connectivity index (χ4v) is 2.54. The Morgan fingerprint density at radius 2 is 2.16 bits per heavy atom. The summed E-state index contributed by atoms with van der Waals surface area (Å²) in [6.07, 6.45) is 6.26. The summed E-state index contributed by atoms with van der Waals surface area (Å²) < 4.78 is 0. The fourth-order valence-electron chi connectivity index (χ4n) is 2.54. The smallest absolute Gasteiger partial charge is 0.211 e. The number of benzene rings is 1. The van der Waals surface area contributed by atoms with Gasteiger partial charge in [-0.15, -0.1) is 0 Å². The van der Waals surface area contributed by atoms with Crippen molar-refractivity contribution in [3.05, 3.63) is 41.7 Å². The predicted octanol–water partition coefficient (Wildman–Crippen LogP) is 2.29. The number of carbonyl (C=O) groups excluding carboxylic acids is 1. The molecule has 1 aromatic carbocycles. The molecule has 0 bridgehead atoms. The first-order valence-corrected chi connectivity index (χ1v) is 6.33. The molecule has 0 radical (unpaired) electrons. The van der Waals surface area contributed by atoms with Crippen molar-refractivity contribution in [2.45, 2.75) is 31.7 Å². The molecule has 1 aliphatic rings. The average molecular weight is 254 g/mol. The first-order valence-electron chi connectivity index (χ1n) is 6.33. The van der Waals surface area contributed by atoms with Crippen LogP contribution in [0.15, 0.2) is 35.5 Å². The Morgan fingerprint density at radius 1 is 1.37 bits per heavy atom. The Labute approximate surface area is 111 Å². The molecule has 1 aliphatic carbocycles. The lowest BCUT2D eigenvalue weighted by Crippen LogP contribution is -2.33. The van der Waals surface area contributed by atoms with E-state index in [2.05, 4.69) is 15.2 Å². The predicted molar refractivity (Wildman–Crippen MR) is 69.7 cm³/mol. The molecule has 2 aromatic rings. The van der Waals surface area contributed by atoms with Crippen molar-refractivity contribution in [2.75, 3.05) is 0 Å². The number of rotatable bonds is 3. The van der Waals surface area contributed by atoms with Crippen LogP contribution in [0, 0.1) is 6.92 Å². The molecule has 1 aromatic heterocycles. The summed E-state index contributed by atoms with van der Waals surface area (Å²) in [6, 6.07) is 7.84. The van der Waals surface area contributed by atoms with Gasteiger partial charge in [0.05, 0.1) is 17.6 Å². The number of aliphatic imine (C=N–C) groups is 1. The van der Waals surface area contributed by atoms with Gasteiger partial charge in [-0.1, -0.05) is 18.2 Å². The highest BCUT2D eigenvalue weighted by Crippen LogP contribution is 2.46. The van der Waals surface area contributed by atoms with E-state index < -0.39 is 5.54 Å². The van der Waals surface area contributed by atoms with E-state index in [-0.39, 0.29) is 0 Å². The Hall–Kier alpha value is -2.26. The second-order valence-corrected chi connectivity index (χ2v) is 4.88. The molecule has 19 heavy (non-hydrogen) atoms. The summed E-state index contributed by atoms with van der Waals surface area (Å²) in [4.78, 5) is 16.4. The number of aryl methyl sites for hydroxylation is 1. The van der Waals surface area contributed by atoms with Gasteiger partial charge in [0.25, 0.3) is 0 Å². The number of aromatic nitrogens is 3. The highest BCUT2D eigenvalue weighted by molar-refractivity contribution is 5.48. The molecule has 96 valence electrons. The lowest BCUT2D eigenvalue weighted by molar-refractivity contribution is 0.255. The number of para-hydroxylation sites is 1. The van der Waals surface area contributed by atoms with E-state index >= 15 is 0 Å². The van der Waals surface area contributed by atoms with E-state index in [9.17, 15) is 4.79 Å². The first kappa shape index (κ1) is 11.8. The van der Waals surface area contributed by atoms with Crippen molar-refractivity contribution in [1.29, 1.82) is 0 Å². The maximum Gasteiger partial charge on any atom is 0.235 e. The zero-order valence-corrected chi connectivity index (χ0v) is 10.7. The van der Waals surface area contributed by atoms with Crippen LogP contribution in [0.5, 0.6) is 0 Å². The summed E-state index contributed by atoms with van der Waals surface area (Å²) in [5, 5.41) is 8.58. The molecule has 0 amide bonds.